The summed E-state index contributed by atoms with van der Waals surface area (Å²) in [7, 11) is 1.28. The van der Waals surface area contributed by atoms with E-state index in [0.29, 0.717) is 6.42 Å². The number of amides is 2. The monoisotopic (exact) mass is 447 g/mol. The Bertz CT molecular complexity index is 866. The molecule has 1 saturated heterocycles. The van der Waals surface area contributed by atoms with E-state index >= 15 is 0 Å². The van der Waals surface area contributed by atoms with E-state index < -0.39 is 41.9 Å². The van der Waals surface area contributed by atoms with E-state index in [4.69, 9.17) is 18.9 Å². The molecule has 0 aliphatic carbocycles. The van der Waals surface area contributed by atoms with E-state index in [1.165, 1.54) is 12.0 Å². The maximum absolute atomic E-state index is 12.9. The highest BCUT2D eigenvalue weighted by atomic mass is 16.6. The SMILES string of the molecule is COC(=O)C1COC(C2CC(NC(=O)OC(C)(C)C)CN2C(=O)OCc2ccccc2)=N1. The summed E-state index contributed by atoms with van der Waals surface area (Å²) in [5, 5.41) is 2.78. The molecule has 2 heterocycles. The van der Waals surface area contributed by atoms with Crippen molar-refractivity contribution in [1.29, 1.82) is 0 Å². The molecule has 0 radical (unpaired) electrons. The van der Waals surface area contributed by atoms with Crippen LogP contribution in [0.5, 0.6) is 0 Å². The lowest BCUT2D eigenvalue weighted by molar-refractivity contribution is -0.142. The van der Waals surface area contributed by atoms with Crippen LogP contribution in [0.25, 0.3) is 0 Å². The van der Waals surface area contributed by atoms with E-state index in [1.54, 1.807) is 20.8 Å². The molecule has 2 aliphatic heterocycles. The van der Waals surface area contributed by atoms with Gasteiger partial charge in [-0.3, -0.25) is 4.90 Å². The number of nitrogens with zero attached hydrogens (tertiary/aromatic N) is 2. The Morgan fingerprint density at radius 3 is 2.59 bits per heavy atom. The number of esters is 1. The van der Waals surface area contributed by atoms with Gasteiger partial charge in [0, 0.05) is 6.54 Å². The summed E-state index contributed by atoms with van der Waals surface area (Å²) in [6.07, 6.45) is -0.811. The number of rotatable bonds is 5. The van der Waals surface area contributed by atoms with Crippen LogP contribution in [-0.2, 0) is 30.3 Å². The van der Waals surface area contributed by atoms with Gasteiger partial charge in [0.15, 0.2) is 6.04 Å². The highest BCUT2D eigenvalue weighted by Crippen LogP contribution is 2.25. The summed E-state index contributed by atoms with van der Waals surface area (Å²) in [5.74, 6) is -0.273. The molecule has 0 spiro atoms. The zero-order valence-electron chi connectivity index (χ0n) is 18.7. The number of hydrogen-bond donors (Lipinski definition) is 1. The van der Waals surface area contributed by atoms with E-state index in [1.807, 2.05) is 30.3 Å². The molecule has 32 heavy (non-hydrogen) atoms. The summed E-state index contributed by atoms with van der Waals surface area (Å²) >= 11 is 0. The second kappa shape index (κ2) is 9.88. The fraction of sp³-hybridized carbons (Fsp3) is 0.545. The molecule has 1 N–H and O–H groups in total. The maximum atomic E-state index is 12.9. The van der Waals surface area contributed by atoms with Crippen molar-refractivity contribution >= 4 is 24.1 Å². The third kappa shape index (κ3) is 6.12. The first kappa shape index (κ1) is 23.4. The highest BCUT2D eigenvalue weighted by Gasteiger charge is 2.43. The predicted molar refractivity (Wildman–Crippen MR) is 114 cm³/mol. The smallest absolute Gasteiger partial charge is 0.410 e. The van der Waals surface area contributed by atoms with Crippen molar-refractivity contribution in [3.8, 4) is 0 Å². The number of alkyl carbamates (subject to hydrolysis) is 1. The van der Waals surface area contributed by atoms with E-state index in [2.05, 4.69) is 10.3 Å². The van der Waals surface area contributed by atoms with E-state index in [-0.39, 0.29) is 25.7 Å². The van der Waals surface area contributed by atoms with Crippen LogP contribution >= 0.6 is 0 Å². The van der Waals surface area contributed by atoms with Gasteiger partial charge in [0.2, 0.25) is 5.90 Å². The molecule has 10 heteroatoms. The quantitative estimate of drug-likeness (QED) is 0.544. The number of likely N-dealkylation sites (tertiary alicyclic amines) is 1. The molecule has 0 bridgehead atoms. The molecule has 2 amide bonds. The molecule has 3 rings (SSSR count). The van der Waals surface area contributed by atoms with Crippen LogP contribution in [0, 0.1) is 0 Å². The number of hydrogen-bond acceptors (Lipinski definition) is 8. The number of nitrogens with one attached hydrogen (secondary N) is 1. The van der Waals surface area contributed by atoms with Crippen LogP contribution in [-0.4, -0.2) is 72.9 Å². The van der Waals surface area contributed by atoms with Gasteiger partial charge >= 0.3 is 18.2 Å². The first-order valence-electron chi connectivity index (χ1n) is 10.4. The minimum absolute atomic E-state index is 0.0373. The van der Waals surface area contributed by atoms with Crippen LogP contribution in [0.3, 0.4) is 0 Å². The minimum Gasteiger partial charge on any atom is -0.477 e. The topological polar surface area (TPSA) is 116 Å². The Morgan fingerprint density at radius 2 is 1.94 bits per heavy atom. The standard InChI is InChI=1S/C22H29N3O7/c1-22(2,3)32-20(27)23-15-10-17(18-24-16(13-30-18)19(26)29-4)25(11-15)21(28)31-12-14-8-6-5-7-9-14/h5-9,15-17H,10-13H2,1-4H3,(H,23,27). The maximum Gasteiger partial charge on any atom is 0.410 e. The van der Waals surface area contributed by atoms with E-state index in [9.17, 15) is 14.4 Å². The van der Waals surface area contributed by atoms with Crippen molar-refractivity contribution < 1.29 is 33.3 Å². The predicted octanol–water partition coefficient (Wildman–Crippen LogP) is 2.26. The molecule has 0 saturated carbocycles. The molecule has 1 aromatic rings. The number of aliphatic imine (C=N–C) groups is 1. The third-order valence-corrected chi connectivity index (χ3v) is 4.89. The number of methoxy groups -OCH3 is 1. The minimum atomic E-state index is -0.782. The van der Waals surface area contributed by atoms with Gasteiger partial charge in [-0.05, 0) is 32.8 Å². The Hall–Kier alpha value is -3.30. The lowest BCUT2D eigenvalue weighted by Gasteiger charge is -2.23. The van der Waals surface area contributed by atoms with Crippen LogP contribution in [0.2, 0.25) is 0 Å². The van der Waals surface area contributed by atoms with Crippen LogP contribution in [0.4, 0.5) is 9.59 Å². The fourth-order valence-electron chi connectivity index (χ4n) is 3.48. The summed E-state index contributed by atoms with van der Waals surface area (Å²) in [6.45, 7) is 5.63. The molecule has 10 nitrogen and oxygen atoms in total. The summed E-state index contributed by atoms with van der Waals surface area (Å²) in [4.78, 5) is 42.6. The molecule has 1 fully saturated rings. The molecule has 0 aromatic heterocycles. The molecule has 2 aliphatic rings. The fourth-order valence-corrected chi connectivity index (χ4v) is 3.48. The van der Waals surface area contributed by atoms with Gasteiger partial charge in [0.1, 0.15) is 24.9 Å². The Kier molecular flexibility index (Phi) is 7.22. The normalized spacial score (nSPS) is 22.6. The van der Waals surface area contributed by atoms with Crippen molar-refractivity contribution in [3.63, 3.8) is 0 Å². The lowest BCUT2D eigenvalue weighted by Crippen LogP contribution is -2.42. The zero-order valence-corrected chi connectivity index (χ0v) is 18.7. The Balaban J connectivity index is 1.71. The van der Waals surface area contributed by atoms with Gasteiger partial charge < -0.3 is 24.3 Å². The molecule has 1 aromatic carbocycles. The van der Waals surface area contributed by atoms with Crippen LogP contribution in [0.1, 0.15) is 32.8 Å². The Morgan fingerprint density at radius 1 is 1.22 bits per heavy atom. The van der Waals surface area contributed by atoms with Crippen LogP contribution < -0.4 is 5.32 Å². The first-order valence-corrected chi connectivity index (χ1v) is 10.4. The largest absolute Gasteiger partial charge is 0.477 e. The Labute approximate surface area is 186 Å². The average molecular weight is 447 g/mol. The number of ether oxygens (including phenoxy) is 4. The van der Waals surface area contributed by atoms with Crippen LogP contribution in [0.15, 0.2) is 35.3 Å². The second-order valence-corrected chi connectivity index (χ2v) is 8.60. The molecule has 3 atom stereocenters. The van der Waals surface area contributed by atoms with Crippen molar-refractivity contribution in [2.45, 2.75) is 57.5 Å². The first-order chi connectivity index (χ1) is 15.2. The molecular weight excluding hydrogens is 418 g/mol. The third-order valence-electron chi connectivity index (χ3n) is 4.89. The number of carbonyl (C=O) groups excluding carboxylic acids is 3. The number of benzene rings is 1. The van der Waals surface area contributed by atoms with Crippen molar-refractivity contribution in [2.75, 3.05) is 20.3 Å². The van der Waals surface area contributed by atoms with Gasteiger partial charge in [-0.1, -0.05) is 30.3 Å². The molecular formula is C22H29N3O7. The molecule has 3 unspecified atom stereocenters. The second-order valence-electron chi connectivity index (χ2n) is 8.60. The lowest BCUT2D eigenvalue weighted by atomic mass is 10.1. The van der Waals surface area contributed by atoms with Gasteiger partial charge in [0.05, 0.1) is 13.2 Å². The van der Waals surface area contributed by atoms with Crippen molar-refractivity contribution in [1.82, 2.24) is 10.2 Å². The summed E-state index contributed by atoms with van der Waals surface area (Å²) < 4.78 is 21.1. The average Bonchev–Trinajstić information content (AvgIpc) is 3.38. The van der Waals surface area contributed by atoms with Gasteiger partial charge in [-0.2, -0.15) is 0 Å². The zero-order chi connectivity index (χ0) is 23.3. The van der Waals surface area contributed by atoms with Gasteiger partial charge in [0.25, 0.3) is 0 Å². The summed E-state index contributed by atoms with van der Waals surface area (Å²) in [6, 6.07) is 7.53. The summed E-state index contributed by atoms with van der Waals surface area (Å²) in [5.41, 5.74) is 0.197. The van der Waals surface area contributed by atoms with E-state index in [0.717, 1.165) is 5.56 Å². The van der Waals surface area contributed by atoms with Crippen molar-refractivity contribution in [3.05, 3.63) is 35.9 Å². The molecule has 174 valence electrons. The number of carbonyl (C=O) groups is 3. The van der Waals surface area contributed by atoms with Gasteiger partial charge in [-0.25, -0.2) is 19.4 Å². The highest BCUT2D eigenvalue weighted by molar-refractivity contribution is 5.91. The van der Waals surface area contributed by atoms with Gasteiger partial charge in [-0.15, -0.1) is 0 Å². The van der Waals surface area contributed by atoms with Crippen molar-refractivity contribution in [2.24, 2.45) is 4.99 Å².